The third kappa shape index (κ3) is 5.40. The van der Waals surface area contributed by atoms with Crippen LogP contribution in [0.5, 0.6) is 0 Å². The third-order valence-corrected chi connectivity index (χ3v) is 5.69. The maximum atomic E-state index is 12.9. The van der Waals surface area contributed by atoms with E-state index in [0.29, 0.717) is 19.3 Å². The van der Waals surface area contributed by atoms with Crippen LogP contribution in [-0.2, 0) is 14.4 Å². The van der Waals surface area contributed by atoms with Crippen LogP contribution in [0.1, 0.15) is 94.9 Å². The Bertz CT molecular complexity index is 573. The summed E-state index contributed by atoms with van der Waals surface area (Å²) in [5, 5.41) is 0. The van der Waals surface area contributed by atoms with Gasteiger partial charge >= 0.3 is 0 Å². The van der Waals surface area contributed by atoms with Crippen molar-refractivity contribution in [3.05, 3.63) is 0 Å². The fourth-order valence-electron chi connectivity index (χ4n) is 3.49. The number of nitrogens with zero attached hydrogens (tertiary/aromatic N) is 1. The van der Waals surface area contributed by atoms with E-state index in [0.717, 1.165) is 6.42 Å². The number of likely N-dealkylation sites (tertiary alicyclic amines) is 1. The molecule has 1 unspecified atom stereocenters. The molecule has 1 saturated heterocycles. The van der Waals surface area contributed by atoms with Crippen molar-refractivity contribution in [2.45, 2.75) is 100 Å². The van der Waals surface area contributed by atoms with Crippen molar-refractivity contribution < 1.29 is 14.4 Å². The number of ketones is 1. The van der Waals surface area contributed by atoms with E-state index in [1.807, 2.05) is 55.4 Å². The maximum absolute atomic E-state index is 12.9. The molecule has 0 aromatic heterocycles. The van der Waals surface area contributed by atoms with Crippen molar-refractivity contribution in [2.24, 2.45) is 22.2 Å². The zero-order chi connectivity index (χ0) is 20.7. The van der Waals surface area contributed by atoms with Gasteiger partial charge in [0, 0.05) is 23.8 Å². The van der Waals surface area contributed by atoms with Crippen LogP contribution in [0, 0.1) is 22.2 Å². The molecule has 1 rings (SSSR count). The first-order valence-electron chi connectivity index (χ1n) is 9.79. The van der Waals surface area contributed by atoms with Gasteiger partial charge in [-0.1, -0.05) is 55.4 Å². The normalized spacial score (nSPS) is 20.1. The fraction of sp³-hybridized carbons (Fsp3) is 0.864. The van der Waals surface area contributed by atoms with E-state index < -0.39 is 5.54 Å². The van der Waals surface area contributed by atoms with Crippen molar-refractivity contribution >= 4 is 17.6 Å². The summed E-state index contributed by atoms with van der Waals surface area (Å²) >= 11 is 0. The van der Waals surface area contributed by atoms with Crippen molar-refractivity contribution in [3.8, 4) is 0 Å². The van der Waals surface area contributed by atoms with Crippen molar-refractivity contribution in [1.82, 2.24) is 4.90 Å². The molecule has 0 N–H and O–H groups in total. The van der Waals surface area contributed by atoms with Crippen LogP contribution in [0.15, 0.2) is 0 Å². The van der Waals surface area contributed by atoms with Gasteiger partial charge in [0.25, 0.3) is 0 Å². The second kappa shape index (κ2) is 7.09. The Morgan fingerprint density at radius 2 is 1.42 bits per heavy atom. The Balaban J connectivity index is 2.84. The van der Waals surface area contributed by atoms with Crippen LogP contribution < -0.4 is 0 Å². The molecule has 2 amide bonds. The molecule has 1 atom stereocenters. The molecule has 1 aliphatic rings. The molecule has 0 saturated carbocycles. The van der Waals surface area contributed by atoms with E-state index in [1.165, 1.54) is 4.90 Å². The first-order valence-corrected chi connectivity index (χ1v) is 9.79. The minimum atomic E-state index is -0.532. The highest BCUT2D eigenvalue weighted by atomic mass is 16.2. The molecule has 4 nitrogen and oxygen atoms in total. The Hall–Kier alpha value is -1.19. The Labute approximate surface area is 160 Å². The molecule has 150 valence electrons. The number of Topliss-reactive ketones (excluding diaryl/α,β-unsaturated/α-hetero) is 1. The van der Waals surface area contributed by atoms with Crippen LogP contribution in [0.4, 0.5) is 0 Å². The van der Waals surface area contributed by atoms with E-state index in [2.05, 4.69) is 13.8 Å². The topological polar surface area (TPSA) is 54.5 Å². The van der Waals surface area contributed by atoms with Crippen molar-refractivity contribution in [1.29, 1.82) is 0 Å². The fourth-order valence-corrected chi connectivity index (χ4v) is 3.49. The molecule has 1 fully saturated rings. The Kier molecular flexibility index (Phi) is 6.23. The summed E-state index contributed by atoms with van der Waals surface area (Å²) in [4.78, 5) is 39.4. The number of hydrogen-bond donors (Lipinski definition) is 0. The predicted molar refractivity (Wildman–Crippen MR) is 106 cm³/mol. The molecule has 1 aliphatic heterocycles. The molecule has 0 aliphatic carbocycles. The minimum absolute atomic E-state index is 0.0453. The summed E-state index contributed by atoms with van der Waals surface area (Å²) in [6, 6.07) is 0. The molecule has 4 heteroatoms. The first-order chi connectivity index (χ1) is 11.4. The van der Waals surface area contributed by atoms with Crippen LogP contribution in [0.3, 0.4) is 0 Å². The zero-order valence-electron chi connectivity index (χ0n) is 18.6. The van der Waals surface area contributed by atoms with E-state index in [9.17, 15) is 14.4 Å². The lowest BCUT2D eigenvalue weighted by Gasteiger charge is -2.38. The molecule has 0 aromatic carbocycles. The number of imide groups is 1. The SMILES string of the molecule is CC(C)(CCC(C)(C)N1C(=O)CC(C(C)(C)C)C1=O)CC(=O)C(C)(C)C. The van der Waals surface area contributed by atoms with Gasteiger partial charge in [0.1, 0.15) is 5.78 Å². The van der Waals surface area contributed by atoms with E-state index in [1.54, 1.807) is 0 Å². The summed E-state index contributed by atoms with van der Waals surface area (Å²) in [5.74, 6) is -0.106. The van der Waals surface area contributed by atoms with Crippen LogP contribution >= 0.6 is 0 Å². The van der Waals surface area contributed by atoms with E-state index >= 15 is 0 Å². The number of hydrogen-bond acceptors (Lipinski definition) is 3. The van der Waals surface area contributed by atoms with Gasteiger partial charge in [0.15, 0.2) is 0 Å². The van der Waals surface area contributed by atoms with Gasteiger partial charge in [-0.25, -0.2) is 0 Å². The zero-order valence-corrected chi connectivity index (χ0v) is 18.6. The quantitative estimate of drug-likeness (QED) is 0.623. The number of rotatable bonds is 6. The van der Waals surface area contributed by atoms with Gasteiger partial charge < -0.3 is 0 Å². The Morgan fingerprint density at radius 1 is 0.923 bits per heavy atom. The Morgan fingerprint density at radius 3 is 1.81 bits per heavy atom. The minimum Gasteiger partial charge on any atom is -0.299 e. The summed E-state index contributed by atoms with van der Waals surface area (Å²) in [5.41, 5.74) is -1.24. The molecule has 0 spiro atoms. The first kappa shape index (κ1) is 22.9. The van der Waals surface area contributed by atoms with Gasteiger partial charge in [-0.15, -0.1) is 0 Å². The van der Waals surface area contributed by atoms with Gasteiger partial charge in [-0.2, -0.15) is 0 Å². The summed E-state index contributed by atoms with van der Waals surface area (Å²) in [6.45, 7) is 20.0. The number of amides is 2. The van der Waals surface area contributed by atoms with E-state index in [4.69, 9.17) is 0 Å². The monoisotopic (exact) mass is 365 g/mol. The summed E-state index contributed by atoms with van der Waals surface area (Å²) in [7, 11) is 0. The van der Waals surface area contributed by atoms with E-state index in [-0.39, 0.29) is 39.8 Å². The lowest BCUT2D eigenvalue weighted by atomic mass is 9.74. The molecular formula is C22H39NO3. The molecular weight excluding hydrogens is 326 g/mol. The largest absolute Gasteiger partial charge is 0.299 e. The second-order valence-corrected chi connectivity index (χ2v) is 11.5. The van der Waals surface area contributed by atoms with Gasteiger partial charge in [0.2, 0.25) is 11.8 Å². The smallest absolute Gasteiger partial charge is 0.233 e. The number of carbonyl (C=O) groups is 3. The molecule has 1 heterocycles. The number of carbonyl (C=O) groups excluding carboxylic acids is 3. The van der Waals surface area contributed by atoms with Gasteiger partial charge in [0.05, 0.1) is 5.92 Å². The van der Waals surface area contributed by atoms with Crippen LogP contribution in [0.2, 0.25) is 0 Å². The molecule has 0 radical (unpaired) electrons. The maximum Gasteiger partial charge on any atom is 0.233 e. The highest BCUT2D eigenvalue weighted by Crippen LogP contribution is 2.41. The van der Waals surface area contributed by atoms with Gasteiger partial charge in [-0.3, -0.25) is 19.3 Å². The third-order valence-electron chi connectivity index (χ3n) is 5.69. The second-order valence-electron chi connectivity index (χ2n) is 11.5. The lowest BCUT2D eigenvalue weighted by Crippen LogP contribution is -2.49. The van der Waals surface area contributed by atoms with Gasteiger partial charge in [-0.05, 0) is 37.5 Å². The highest BCUT2D eigenvalue weighted by Gasteiger charge is 2.49. The average Bonchev–Trinajstić information content (AvgIpc) is 2.71. The molecule has 0 aromatic rings. The lowest BCUT2D eigenvalue weighted by molar-refractivity contribution is -0.147. The summed E-state index contributed by atoms with van der Waals surface area (Å²) in [6.07, 6.45) is 2.31. The highest BCUT2D eigenvalue weighted by molar-refractivity contribution is 6.04. The predicted octanol–water partition coefficient (Wildman–Crippen LogP) is 5.00. The van der Waals surface area contributed by atoms with Crippen molar-refractivity contribution in [3.63, 3.8) is 0 Å². The molecule has 26 heavy (non-hydrogen) atoms. The standard InChI is InChI=1S/C22H39NO3/c1-19(2,3)15-13-17(25)23(18(15)26)22(9,10)12-11-21(7,8)14-16(24)20(4,5)6/h15H,11-14H2,1-10H3. The average molecular weight is 366 g/mol. The summed E-state index contributed by atoms with van der Waals surface area (Å²) < 4.78 is 0. The van der Waals surface area contributed by atoms with Crippen LogP contribution in [-0.4, -0.2) is 28.0 Å². The molecule has 0 bridgehead atoms. The van der Waals surface area contributed by atoms with Crippen LogP contribution in [0.25, 0.3) is 0 Å². The van der Waals surface area contributed by atoms with Crippen molar-refractivity contribution in [2.75, 3.05) is 0 Å².